The lowest BCUT2D eigenvalue weighted by molar-refractivity contribution is -0.0497. The third-order valence-electron chi connectivity index (χ3n) is 3.01. The summed E-state index contributed by atoms with van der Waals surface area (Å²) in [6, 6.07) is 11.6. The Morgan fingerprint density at radius 2 is 1.92 bits per heavy atom. The third kappa shape index (κ3) is 7.38. The highest BCUT2D eigenvalue weighted by molar-refractivity contribution is 7.99. The van der Waals surface area contributed by atoms with Gasteiger partial charge in [-0.2, -0.15) is 8.78 Å². The van der Waals surface area contributed by atoms with Crippen LogP contribution in [0.2, 0.25) is 0 Å². The molecule has 0 unspecified atom stereocenters. The van der Waals surface area contributed by atoms with Gasteiger partial charge in [-0.25, -0.2) is 9.18 Å². The smallest absolute Gasteiger partial charge is 0.387 e. The molecule has 25 heavy (non-hydrogen) atoms. The van der Waals surface area contributed by atoms with Crippen molar-refractivity contribution in [2.24, 2.45) is 0 Å². The van der Waals surface area contributed by atoms with E-state index in [2.05, 4.69) is 15.4 Å². The van der Waals surface area contributed by atoms with Crippen molar-refractivity contribution in [3.05, 3.63) is 54.3 Å². The van der Waals surface area contributed by atoms with E-state index in [1.54, 1.807) is 30.0 Å². The first-order valence-corrected chi connectivity index (χ1v) is 8.49. The molecule has 2 amide bonds. The van der Waals surface area contributed by atoms with Crippen molar-refractivity contribution in [2.45, 2.75) is 17.9 Å². The van der Waals surface area contributed by atoms with Gasteiger partial charge in [0, 0.05) is 23.2 Å². The summed E-state index contributed by atoms with van der Waals surface area (Å²) in [6.45, 7) is -2.46. The van der Waals surface area contributed by atoms with Gasteiger partial charge in [-0.05, 0) is 48.6 Å². The van der Waals surface area contributed by atoms with Gasteiger partial charge in [0.25, 0.3) is 0 Å². The van der Waals surface area contributed by atoms with Crippen LogP contribution in [0.3, 0.4) is 0 Å². The van der Waals surface area contributed by atoms with E-state index >= 15 is 0 Å². The van der Waals surface area contributed by atoms with Crippen LogP contribution in [-0.2, 0) is 0 Å². The van der Waals surface area contributed by atoms with Crippen LogP contribution in [0.15, 0.2) is 53.4 Å². The predicted octanol–water partition coefficient (Wildman–Crippen LogP) is 4.73. The molecule has 0 fully saturated rings. The van der Waals surface area contributed by atoms with Gasteiger partial charge in [0.05, 0.1) is 0 Å². The molecule has 2 aromatic carbocycles. The highest BCUT2D eigenvalue weighted by Crippen LogP contribution is 2.20. The molecule has 0 aliphatic heterocycles. The van der Waals surface area contributed by atoms with E-state index in [1.807, 2.05) is 0 Å². The average Bonchev–Trinajstić information content (AvgIpc) is 2.56. The van der Waals surface area contributed by atoms with Gasteiger partial charge in [0.15, 0.2) is 0 Å². The number of alkyl halides is 2. The number of benzene rings is 2. The molecule has 4 nitrogen and oxygen atoms in total. The fraction of sp³-hybridized carbons (Fsp3) is 0.235. The van der Waals surface area contributed by atoms with Crippen LogP contribution in [0.1, 0.15) is 6.42 Å². The lowest BCUT2D eigenvalue weighted by Crippen LogP contribution is -2.29. The second-order valence-electron chi connectivity index (χ2n) is 4.94. The molecule has 0 saturated heterocycles. The van der Waals surface area contributed by atoms with Crippen molar-refractivity contribution in [1.82, 2.24) is 5.32 Å². The number of amides is 2. The van der Waals surface area contributed by atoms with Crippen LogP contribution < -0.4 is 15.4 Å². The Bertz CT molecular complexity index is 684. The molecule has 0 aromatic heterocycles. The van der Waals surface area contributed by atoms with Gasteiger partial charge < -0.3 is 15.4 Å². The molecule has 0 bridgehead atoms. The van der Waals surface area contributed by atoms with Gasteiger partial charge in [-0.1, -0.05) is 6.07 Å². The Morgan fingerprint density at radius 3 is 2.64 bits per heavy atom. The summed E-state index contributed by atoms with van der Waals surface area (Å²) < 4.78 is 41.4. The summed E-state index contributed by atoms with van der Waals surface area (Å²) in [5.74, 6) is 0.470. The van der Waals surface area contributed by atoms with E-state index in [9.17, 15) is 18.0 Å². The number of hydrogen-bond acceptors (Lipinski definition) is 3. The van der Waals surface area contributed by atoms with Crippen LogP contribution in [0.5, 0.6) is 5.75 Å². The molecule has 0 saturated carbocycles. The topological polar surface area (TPSA) is 50.4 Å². The molecule has 8 heteroatoms. The molecule has 2 rings (SSSR count). The standard InChI is InChI=1S/C17H17F3N2O2S/c18-12-5-7-15(8-6-12)25-10-2-9-21-17(23)22-13-3-1-4-14(11-13)24-16(19)20/h1,3-8,11,16H,2,9-10H2,(H2,21,22,23). The Balaban J connectivity index is 1.66. The number of rotatable bonds is 8. The minimum Gasteiger partial charge on any atom is -0.435 e. The number of ether oxygens (including phenoxy) is 1. The lowest BCUT2D eigenvalue weighted by atomic mass is 10.3. The zero-order valence-electron chi connectivity index (χ0n) is 13.2. The normalized spacial score (nSPS) is 10.6. The first-order chi connectivity index (χ1) is 12.0. The minimum atomic E-state index is -2.91. The molecule has 0 aliphatic rings. The molecule has 2 aromatic rings. The molecule has 2 N–H and O–H groups in total. The van der Waals surface area contributed by atoms with Crippen molar-refractivity contribution < 1.29 is 22.7 Å². The molecular formula is C17H17F3N2O2S. The monoisotopic (exact) mass is 370 g/mol. The van der Waals surface area contributed by atoms with Gasteiger partial charge >= 0.3 is 12.6 Å². The third-order valence-corrected chi connectivity index (χ3v) is 4.10. The van der Waals surface area contributed by atoms with Gasteiger partial charge in [0.1, 0.15) is 11.6 Å². The van der Waals surface area contributed by atoms with E-state index in [-0.39, 0.29) is 11.6 Å². The summed E-state index contributed by atoms with van der Waals surface area (Å²) in [5.41, 5.74) is 0.358. The highest BCUT2D eigenvalue weighted by atomic mass is 32.2. The molecule has 134 valence electrons. The van der Waals surface area contributed by atoms with E-state index in [1.165, 1.54) is 30.3 Å². The van der Waals surface area contributed by atoms with Crippen molar-refractivity contribution in [1.29, 1.82) is 0 Å². The summed E-state index contributed by atoms with van der Waals surface area (Å²) >= 11 is 1.57. The molecule has 0 atom stereocenters. The summed E-state index contributed by atoms with van der Waals surface area (Å²) in [6.07, 6.45) is 0.726. The van der Waals surface area contributed by atoms with E-state index in [0.29, 0.717) is 12.2 Å². The first-order valence-electron chi connectivity index (χ1n) is 7.51. The van der Waals surface area contributed by atoms with Crippen molar-refractivity contribution in [2.75, 3.05) is 17.6 Å². The molecule has 0 heterocycles. The Morgan fingerprint density at radius 1 is 1.16 bits per heavy atom. The van der Waals surface area contributed by atoms with Crippen LogP contribution >= 0.6 is 11.8 Å². The van der Waals surface area contributed by atoms with Crippen molar-refractivity contribution >= 4 is 23.5 Å². The number of carbonyl (C=O) groups is 1. The maximum Gasteiger partial charge on any atom is 0.387 e. The SMILES string of the molecule is O=C(NCCCSc1ccc(F)cc1)Nc1cccc(OC(F)F)c1. The maximum atomic E-state index is 12.8. The van der Waals surface area contributed by atoms with E-state index in [0.717, 1.165) is 17.1 Å². The second kappa shape index (κ2) is 9.83. The van der Waals surface area contributed by atoms with Crippen LogP contribution in [0.25, 0.3) is 0 Å². The number of halogens is 3. The number of hydrogen-bond donors (Lipinski definition) is 2. The van der Waals surface area contributed by atoms with Gasteiger partial charge in [-0.3, -0.25) is 0 Å². The summed E-state index contributed by atoms with van der Waals surface area (Å²) in [7, 11) is 0. The van der Waals surface area contributed by atoms with Crippen LogP contribution in [-0.4, -0.2) is 24.9 Å². The minimum absolute atomic E-state index is 0.0245. The van der Waals surface area contributed by atoms with Crippen molar-refractivity contribution in [3.63, 3.8) is 0 Å². The van der Waals surface area contributed by atoms with E-state index < -0.39 is 12.6 Å². The van der Waals surface area contributed by atoms with E-state index in [4.69, 9.17) is 0 Å². The van der Waals surface area contributed by atoms with Gasteiger partial charge in [-0.15, -0.1) is 11.8 Å². The number of nitrogens with one attached hydrogen (secondary N) is 2. The number of urea groups is 1. The largest absolute Gasteiger partial charge is 0.435 e. The van der Waals surface area contributed by atoms with Crippen LogP contribution in [0.4, 0.5) is 23.7 Å². The Labute approximate surface area is 147 Å². The summed E-state index contributed by atoms with van der Waals surface area (Å²) in [5, 5.41) is 5.22. The maximum absolute atomic E-state index is 12.8. The molecular weight excluding hydrogens is 353 g/mol. The zero-order valence-corrected chi connectivity index (χ0v) is 14.0. The fourth-order valence-electron chi connectivity index (χ4n) is 1.92. The second-order valence-corrected chi connectivity index (χ2v) is 6.11. The quantitative estimate of drug-likeness (QED) is 0.522. The Hall–Kier alpha value is -2.35. The van der Waals surface area contributed by atoms with Gasteiger partial charge in [0.2, 0.25) is 0 Å². The average molecular weight is 370 g/mol. The molecule has 0 radical (unpaired) electrons. The number of carbonyl (C=O) groups excluding carboxylic acids is 1. The summed E-state index contributed by atoms with van der Waals surface area (Å²) in [4.78, 5) is 12.7. The molecule has 0 aliphatic carbocycles. The first kappa shape index (κ1) is 19.0. The highest BCUT2D eigenvalue weighted by Gasteiger charge is 2.06. The zero-order chi connectivity index (χ0) is 18.1. The number of thioether (sulfide) groups is 1. The lowest BCUT2D eigenvalue weighted by Gasteiger charge is -2.09. The predicted molar refractivity (Wildman–Crippen MR) is 91.8 cm³/mol. The fourth-order valence-corrected chi connectivity index (χ4v) is 2.77. The van der Waals surface area contributed by atoms with Crippen LogP contribution in [0, 0.1) is 5.82 Å². The number of anilines is 1. The molecule has 0 spiro atoms. The Kier molecular flexibility index (Phi) is 7.46. The van der Waals surface area contributed by atoms with Crippen molar-refractivity contribution in [3.8, 4) is 5.75 Å².